The minimum atomic E-state index is -0.689. The molecule has 0 amide bonds. The Balaban J connectivity index is 2.21. The minimum absolute atomic E-state index is 0.159. The molecule has 1 aromatic rings. The zero-order valence-corrected chi connectivity index (χ0v) is 8.80. The van der Waals surface area contributed by atoms with E-state index in [1.54, 1.807) is 11.3 Å². The number of carboxylic acids is 1. The van der Waals surface area contributed by atoms with Crippen LogP contribution in [0.25, 0.3) is 0 Å². The van der Waals surface area contributed by atoms with Crippen molar-refractivity contribution in [3.8, 4) is 0 Å². The van der Waals surface area contributed by atoms with Crippen molar-refractivity contribution in [2.45, 2.75) is 12.8 Å². The lowest BCUT2D eigenvalue weighted by molar-refractivity contribution is -0.141. The van der Waals surface area contributed by atoms with E-state index in [1.165, 1.54) is 9.75 Å². The molecule has 4 heteroatoms. The van der Waals surface area contributed by atoms with Gasteiger partial charge in [-0.15, -0.1) is 11.3 Å². The third-order valence-corrected chi connectivity index (χ3v) is 3.79. The van der Waals surface area contributed by atoms with Crippen LogP contribution in [0.15, 0.2) is 12.1 Å². The number of aliphatic carboxylic acids is 1. The second kappa shape index (κ2) is 3.71. The van der Waals surface area contributed by atoms with Gasteiger partial charge in [-0.05, 0) is 19.1 Å². The lowest BCUT2D eigenvalue weighted by Crippen LogP contribution is -2.20. The summed E-state index contributed by atoms with van der Waals surface area (Å²) in [6.07, 6.45) is 0. The topological polar surface area (TPSA) is 49.3 Å². The normalized spacial score (nSPS) is 26.6. The van der Waals surface area contributed by atoms with Gasteiger partial charge in [0.25, 0.3) is 0 Å². The number of aryl methyl sites for hydroxylation is 1. The summed E-state index contributed by atoms with van der Waals surface area (Å²) >= 11 is 1.70. The van der Waals surface area contributed by atoms with Crippen LogP contribution in [-0.2, 0) is 4.79 Å². The van der Waals surface area contributed by atoms with E-state index >= 15 is 0 Å². The summed E-state index contributed by atoms with van der Waals surface area (Å²) in [5.41, 5.74) is 0. The average molecular weight is 211 g/mol. The van der Waals surface area contributed by atoms with Crippen molar-refractivity contribution in [2.75, 3.05) is 13.1 Å². The molecular formula is C10H13NO2S. The molecule has 0 aromatic carbocycles. The predicted octanol–water partition coefficient (Wildman–Crippen LogP) is 1.44. The summed E-state index contributed by atoms with van der Waals surface area (Å²) in [5, 5.41) is 12.2. The summed E-state index contributed by atoms with van der Waals surface area (Å²) in [7, 11) is 0. The van der Waals surface area contributed by atoms with Gasteiger partial charge in [0.2, 0.25) is 0 Å². The lowest BCUT2D eigenvalue weighted by Gasteiger charge is -2.11. The second-order valence-corrected chi connectivity index (χ2v) is 4.98. The Morgan fingerprint density at radius 3 is 2.93 bits per heavy atom. The van der Waals surface area contributed by atoms with Crippen LogP contribution in [0, 0.1) is 12.8 Å². The maximum Gasteiger partial charge on any atom is 0.308 e. The number of nitrogens with one attached hydrogen (secondary N) is 1. The van der Waals surface area contributed by atoms with Crippen molar-refractivity contribution in [3.63, 3.8) is 0 Å². The molecule has 1 aliphatic heterocycles. The highest BCUT2D eigenvalue weighted by Gasteiger charge is 2.34. The van der Waals surface area contributed by atoms with Gasteiger partial charge in [-0.1, -0.05) is 0 Å². The molecule has 0 bridgehead atoms. The van der Waals surface area contributed by atoms with Crippen LogP contribution >= 0.6 is 11.3 Å². The number of carboxylic acid groups (broad SMARTS) is 1. The zero-order chi connectivity index (χ0) is 10.1. The van der Waals surface area contributed by atoms with Gasteiger partial charge in [0.05, 0.1) is 5.92 Å². The highest BCUT2D eigenvalue weighted by atomic mass is 32.1. The second-order valence-electron chi connectivity index (χ2n) is 3.66. The molecule has 76 valence electrons. The number of hydrogen-bond donors (Lipinski definition) is 2. The number of rotatable bonds is 2. The number of hydrogen-bond acceptors (Lipinski definition) is 3. The fraction of sp³-hybridized carbons (Fsp3) is 0.500. The van der Waals surface area contributed by atoms with E-state index in [-0.39, 0.29) is 11.8 Å². The minimum Gasteiger partial charge on any atom is -0.481 e. The molecule has 0 aliphatic carbocycles. The van der Waals surface area contributed by atoms with Gasteiger partial charge >= 0.3 is 5.97 Å². The first-order valence-corrected chi connectivity index (χ1v) is 5.50. The SMILES string of the molecule is Cc1ccc([C@@H]2CNC[C@@H]2C(=O)O)s1. The van der Waals surface area contributed by atoms with Crippen molar-refractivity contribution in [3.05, 3.63) is 21.9 Å². The van der Waals surface area contributed by atoms with Gasteiger partial charge in [-0.3, -0.25) is 4.79 Å². The van der Waals surface area contributed by atoms with Crippen LogP contribution in [0.1, 0.15) is 15.7 Å². The maximum absolute atomic E-state index is 11.0. The molecule has 0 unspecified atom stereocenters. The molecule has 0 saturated carbocycles. The number of thiophene rings is 1. The predicted molar refractivity (Wildman–Crippen MR) is 55.8 cm³/mol. The lowest BCUT2D eigenvalue weighted by atomic mass is 9.95. The third kappa shape index (κ3) is 1.67. The summed E-state index contributed by atoms with van der Waals surface area (Å²) in [4.78, 5) is 13.4. The van der Waals surface area contributed by atoms with Crippen molar-refractivity contribution in [1.82, 2.24) is 5.32 Å². The molecule has 0 radical (unpaired) electrons. The standard InChI is InChI=1S/C10H13NO2S/c1-6-2-3-9(14-6)7-4-11-5-8(7)10(12)13/h2-3,7-8,11H,4-5H2,1H3,(H,12,13)/t7-,8+/m1/s1. The molecule has 1 aromatic heterocycles. The van der Waals surface area contributed by atoms with E-state index in [1.807, 2.05) is 13.0 Å². The molecule has 2 atom stereocenters. The van der Waals surface area contributed by atoms with Gasteiger partial charge in [0.15, 0.2) is 0 Å². The molecule has 1 fully saturated rings. The summed E-state index contributed by atoms with van der Waals surface area (Å²) in [5.74, 6) is -0.787. The molecule has 2 heterocycles. The Bertz CT molecular complexity index is 348. The van der Waals surface area contributed by atoms with Gasteiger partial charge in [-0.25, -0.2) is 0 Å². The molecular weight excluding hydrogens is 198 g/mol. The smallest absolute Gasteiger partial charge is 0.308 e. The van der Waals surface area contributed by atoms with Crippen LogP contribution in [0.2, 0.25) is 0 Å². The molecule has 1 aliphatic rings. The van der Waals surface area contributed by atoms with Gasteiger partial charge < -0.3 is 10.4 Å². The van der Waals surface area contributed by atoms with Crippen LogP contribution < -0.4 is 5.32 Å². The largest absolute Gasteiger partial charge is 0.481 e. The highest BCUT2D eigenvalue weighted by molar-refractivity contribution is 7.12. The monoisotopic (exact) mass is 211 g/mol. The van der Waals surface area contributed by atoms with Crippen LogP contribution in [0.3, 0.4) is 0 Å². The maximum atomic E-state index is 11.0. The van der Waals surface area contributed by atoms with Crippen molar-refractivity contribution in [1.29, 1.82) is 0 Å². The van der Waals surface area contributed by atoms with Crippen molar-refractivity contribution in [2.24, 2.45) is 5.92 Å². The van der Waals surface area contributed by atoms with E-state index in [4.69, 9.17) is 5.11 Å². The summed E-state index contributed by atoms with van der Waals surface area (Å²) < 4.78 is 0. The Morgan fingerprint density at radius 2 is 2.36 bits per heavy atom. The van der Waals surface area contributed by atoms with Gasteiger partial charge in [-0.2, -0.15) is 0 Å². The molecule has 0 spiro atoms. The summed E-state index contributed by atoms with van der Waals surface area (Å²) in [6, 6.07) is 4.10. The molecule has 2 rings (SSSR count). The first-order chi connectivity index (χ1) is 6.68. The average Bonchev–Trinajstić information content (AvgIpc) is 2.70. The van der Waals surface area contributed by atoms with E-state index in [0.717, 1.165) is 6.54 Å². The van der Waals surface area contributed by atoms with Crippen molar-refractivity contribution >= 4 is 17.3 Å². The van der Waals surface area contributed by atoms with E-state index in [9.17, 15) is 4.79 Å². The Labute approximate surface area is 86.8 Å². The Kier molecular flexibility index (Phi) is 2.56. The molecule has 14 heavy (non-hydrogen) atoms. The van der Waals surface area contributed by atoms with E-state index < -0.39 is 5.97 Å². The molecule has 1 saturated heterocycles. The van der Waals surface area contributed by atoms with Gasteiger partial charge in [0.1, 0.15) is 0 Å². The fourth-order valence-corrected chi connectivity index (χ4v) is 2.93. The highest BCUT2D eigenvalue weighted by Crippen LogP contribution is 2.32. The molecule has 2 N–H and O–H groups in total. The van der Waals surface area contributed by atoms with Crippen molar-refractivity contribution < 1.29 is 9.90 Å². The number of carbonyl (C=O) groups is 1. The zero-order valence-electron chi connectivity index (χ0n) is 7.99. The third-order valence-electron chi connectivity index (χ3n) is 2.66. The Hall–Kier alpha value is -0.870. The van der Waals surface area contributed by atoms with Crippen LogP contribution in [-0.4, -0.2) is 24.2 Å². The Morgan fingerprint density at radius 1 is 1.57 bits per heavy atom. The van der Waals surface area contributed by atoms with E-state index in [2.05, 4.69) is 11.4 Å². The molecule has 3 nitrogen and oxygen atoms in total. The summed E-state index contributed by atoms with van der Waals surface area (Å²) in [6.45, 7) is 3.43. The van der Waals surface area contributed by atoms with E-state index in [0.29, 0.717) is 6.54 Å². The fourth-order valence-electron chi connectivity index (χ4n) is 1.89. The first-order valence-electron chi connectivity index (χ1n) is 4.68. The first kappa shape index (κ1) is 9.68. The quantitative estimate of drug-likeness (QED) is 0.778. The van der Waals surface area contributed by atoms with Crippen LogP contribution in [0.5, 0.6) is 0 Å². The van der Waals surface area contributed by atoms with Gasteiger partial charge in [0, 0.05) is 28.8 Å². The van der Waals surface area contributed by atoms with Crippen LogP contribution in [0.4, 0.5) is 0 Å².